The van der Waals surface area contributed by atoms with Crippen LogP contribution in [0.4, 0.5) is 0 Å². The molecular weight excluding hydrogens is 274 g/mol. The SMILES string of the molecule is CCCC(C)(N)C(=O)NCCCN1CCCCC1C.Cl. The Hall–Kier alpha value is -0.320. The van der Waals surface area contributed by atoms with E-state index in [0.29, 0.717) is 6.04 Å². The van der Waals surface area contributed by atoms with Gasteiger partial charge in [-0.2, -0.15) is 0 Å². The molecule has 0 saturated carbocycles. The molecule has 0 bridgehead atoms. The predicted molar refractivity (Wildman–Crippen MR) is 87.3 cm³/mol. The van der Waals surface area contributed by atoms with Crippen molar-refractivity contribution in [3.05, 3.63) is 0 Å². The number of halogens is 1. The molecule has 1 heterocycles. The summed E-state index contributed by atoms with van der Waals surface area (Å²) in [4.78, 5) is 14.5. The summed E-state index contributed by atoms with van der Waals surface area (Å²) < 4.78 is 0. The monoisotopic (exact) mass is 305 g/mol. The number of nitrogens with one attached hydrogen (secondary N) is 1. The van der Waals surface area contributed by atoms with Crippen molar-refractivity contribution in [2.45, 2.75) is 70.9 Å². The highest BCUT2D eigenvalue weighted by atomic mass is 35.5. The topological polar surface area (TPSA) is 58.4 Å². The van der Waals surface area contributed by atoms with E-state index in [9.17, 15) is 4.79 Å². The van der Waals surface area contributed by atoms with Crippen molar-refractivity contribution < 1.29 is 4.79 Å². The molecule has 20 heavy (non-hydrogen) atoms. The molecule has 1 rings (SSSR count). The molecule has 2 unspecified atom stereocenters. The number of piperidine rings is 1. The molecule has 0 aliphatic carbocycles. The van der Waals surface area contributed by atoms with Crippen molar-refractivity contribution in [2.24, 2.45) is 5.73 Å². The molecule has 5 heteroatoms. The van der Waals surface area contributed by atoms with Crippen LogP contribution >= 0.6 is 12.4 Å². The van der Waals surface area contributed by atoms with Crippen molar-refractivity contribution in [1.29, 1.82) is 0 Å². The fourth-order valence-electron chi connectivity index (χ4n) is 2.81. The van der Waals surface area contributed by atoms with E-state index >= 15 is 0 Å². The Labute approximate surface area is 130 Å². The maximum Gasteiger partial charge on any atom is 0.239 e. The summed E-state index contributed by atoms with van der Waals surface area (Å²) in [6, 6.07) is 0.698. The molecule has 0 radical (unpaired) electrons. The summed E-state index contributed by atoms with van der Waals surface area (Å²) in [6.07, 6.45) is 6.67. The highest BCUT2D eigenvalue weighted by Crippen LogP contribution is 2.16. The van der Waals surface area contributed by atoms with Crippen LogP contribution in [0.5, 0.6) is 0 Å². The minimum atomic E-state index is -0.715. The van der Waals surface area contributed by atoms with E-state index in [2.05, 4.69) is 24.1 Å². The number of likely N-dealkylation sites (tertiary alicyclic amines) is 1. The van der Waals surface area contributed by atoms with Gasteiger partial charge in [-0.3, -0.25) is 4.79 Å². The van der Waals surface area contributed by atoms with Gasteiger partial charge in [0.05, 0.1) is 5.54 Å². The number of carbonyl (C=O) groups is 1. The Kier molecular flexibility index (Phi) is 9.43. The number of hydrogen-bond acceptors (Lipinski definition) is 3. The first kappa shape index (κ1) is 19.7. The molecule has 0 aromatic heterocycles. The first-order valence-electron chi connectivity index (χ1n) is 7.78. The van der Waals surface area contributed by atoms with Crippen LogP contribution in [0.25, 0.3) is 0 Å². The van der Waals surface area contributed by atoms with Gasteiger partial charge in [0.15, 0.2) is 0 Å². The van der Waals surface area contributed by atoms with Gasteiger partial charge in [0.2, 0.25) is 5.91 Å². The van der Waals surface area contributed by atoms with E-state index < -0.39 is 5.54 Å². The summed E-state index contributed by atoms with van der Waals surface area (Å²) in [5.41, 5.74) is 5.28. The van der Waals surface area contributed by atoms with E-state index in [-0.39, 0.29) is 18.3 Å². The van der Waals surface area contributed by atoms with Crippen LogP contribution in [-0.4, -0.2) is 42.0 Å². The molecule has 1 aliphatic rings. The lowest BCUT2D eigenvalue weighted by Crippen LogP contribution is -2.52. The summed E-state index contributed by atoms with van der Waals surface area (Å²) in [6.45, 7) is 9.19. The first-order valence-corrected chi connectivity index (χ1v) is 7.78. The zero-order valence-corrected chi connectivity index (χ0v) is 14.1. The molecule has 1 aliphatic heterocycles. The lowest BCUT2D eigenvalue weighted by Gasteiger charge is -2.33. The molecule has 3 N–H and O–H groups in total. The number of nitrogens with two attached hydrogens (primary N) is 1. The van der Waals surface area contributed by atoms with Gasteiger partial charge >= 0.3 is 0 Å². The number of amides is 1. The van der Waals surface area contributed by atoms with Crippen molar-refractivity contribution in [3.8, 4) is 0 Å². The lowest BCUT2D eigenvalue weighted by molar-refractivity contribution is -0.126. The minimum Gasteiger partial charge on any atom is -0.354 e. The second kappa shape index (κ2) is 9.59. The average molecular weight is 306 g/mol. The molecule has 0 spiro atoms. The van der Waals surface area contributed by atoms with Crippen LogP contribution < -0.4 is 11.1 Å². The molecule has 120 valence electrons. The van der Waals surface area contributed by atoms with E-state index in [1.165, 1.54) is 25.8 Å². The Morgan fingerprint density at radius 2 is 2.15 bits per heavy atom. The van der Waals surface area contributed by atoms with Gasteiger partial charge < -0.3 is 16.0 Å². The summed E-state index contributed by atoms with van der Waals surface area (Å²) >= 11 is 0. The van der Waals surface area contributed by atoms with Crippen LogP contribution in [0.3, 0.4) is 0 Å². The smallest absolute Gasteiger partial charge is 0.239 e. The Morgan fingerprint density at radius 1 is 1.45 bits per heavy atom. The molecular formula is C15H32ClN3O. The maximum atomic E-state index is 11.9. The fourth-order valence-corrected chi connectivity index (χ4v) is 2.81. The van der Waals surface area contributed by atoms with Crippen LogP contribution in [0, 0.1) is 0 Å². The molecule has 1 fully saturated rings. The maximum absolute atomic E-state index is 11.9. The standard InChI is InChI=1S/C15H31N3O.ClH/c1-4-9-15(3,16)14(19)17-10-7-12-18-11-6-5-8-13(18)2;/h13H,4-12,16H2,1-3H3,(H,17,19);1H. The van der Waals surface area contributed by atoms with E-state index in [0.717, 1.165) is 32.4 Å². The second-order valence-corrected chi connectivity index (χ2v) is 6.16. The molecule has 2 atom stereocenters. The summed E-state index contributed by atoms with van der Waals surface area (Å²) in [5, 5.41) is 2.97. The minimum absolute atomic E-state index is 0. The lowest BCUT2D eigenvalue weighted by atomic mass is 9.96. The van der Waals surface area contributed by atoms with Crippen molar-refractivity contribution in [1.82, 2.24) is 10.2 Å². The third kappa shape index (κ3) is 6.42. The van der Waals surface area contributed by atoms with Gasteiger partial charge in [-0.1, -0.05) is 19.8 Å². The van der Waals surface area contributed by atoms with Crippen LogP contribution in [0.15, 0.2) is 0 Å². The quantitative estimate of drug-likeness (QED) is 0.710. The third-order valence-corrected chi connectivity index (χ3v) is 4.14. The zero-order valence-electron chi connectivity index (χ0n) is 13.3. The average Bonchev–Trinajstić information content (AvgIpc) is 2.36. The highest BCUT2D eigenvalue weighted by molar-refractivity contribution is 5.85. The molecule has 4 nitrogen and oxygen atoms in total. The Bertz CT molecular complexity index is 284. The number of carbonyl (C=O) groups excluding carboxylic acids is 1. The zero-order chi connectivity index (χ0) is 14.3. The van der Waals surface area contributed by atoms with E-state index in [4.69, 9.17) is 5.73 Å². The molecule has 1 saturated heterocycles. The van der Waals surface area contributed by atoms with E-state index in [1.807, 2.05) is 6.92 Å². The molecule has 0 aromatic rings. The summed E-state index contributed by atoms with van der Waals surface area (Å²) in [5.74, 6) is -0.0129. The van der Waals surface area contributed by atoms with Gasteiger partial charge in [-0.15, -0.1) is 12.4 Å². The van der Waals surface area contributed by atoms with Gasteiger partial charge in [-0.25, -0.2) is 0 Å². The van der Waals surface area contributed by atoms with Crippen LogP contribution in [-0.2, 0) is 4.79 Å². The largest absolute Gasteiger partial charge is 0.354 e. The predicted octanol–water partition coefficient (Wildman–Crippen LogP) is 2.31. The van der Waals surface area contributed by atoms with Crippen LogP contribution in [0.2, 0.25) is 0 Å². The van der Waals surface area contributed by atoms with Gasteiger partial charge in [0, 0.05) is 19.1 Å². The molecule has 0 aromatic carbocycles. The van der Waals surface area contributed by atoms with E-state index in [1.54, 1.807) is 0 Å². The van der Waals surface area contributed by atoms with Crippen molar-refractivity contribution >= 4 is 18.3 Å². The highest BCUT2D eigenvalue weighted by Gasteiger charge is 2.26. The fraction of sp³-hybridized carbons (Fsp3) is 0.933. The Balaban J connectivity index is 0.00000361. The van der Waals surface area contributed by atoms with Gasteiger partial charge in [0.25, 0.3) is 0 Å². The molecule has 1 amide bonds. The summed E-state index contributed by atoms with van der Waals surface area (Å²) in [7, 11) is 0. The second-order valence-electron chi connectivity index (χ2n) is 6.16. The van der Waals surface area contributed by atoms with Gasteiger partial charge in [-0.05, 0) is 46.1 Å². The Morgan fingerprint density at radius 3 is 2.75 bits per heavy atom. The number of rotatable bonds is 7. The number of nitrogens with zero attached hydrogens (tertiary/aromatic N) is 1. The third-order valence-electron chi connectivity index (χ3n) is 4.14. The van der Waals surface area contributed by atoms with Gasteiger partial charge in [0.1, 0.15) is 0 Å². The number of hydrogen-bond donors (Lipinski definition) is 2. The first-order chi connectivity index (χ1) is 8.97. The van der Waals surface area contributed by atoms with Crippen molar-refractivity contribution in [2.75, 3.05) is 19.6 Å². The van der Waals surface area contributed by atoms with Crippen molar-refractivity contribution in [3.63, 3.8) is 0 Å². The normalized spacial score (nSPS) is 22.7. The van der Waals surface area contributed by atoms with Crippen LogP contribution in [0.1, 0.15) is 59.3 Å².